The second-order valence-electron chi connectivity index (χ2n) is 9.94. The smallest absolute Gasteiger partial charge is 0.320 e. The minimum Gasteiger partial charge on any atom is -0.383 e. The summed E-state index contributed by atoms with van der Waals surface area (Å²) in [7, 11) is 5.30. The van der Waals surface area contributed by atoms with Crippen molar-refractivity contribution in [1.29, 1.82) is 0 Å². The van der Waals surface area contributed by atoms with E-state index in [1.807, 2.05) is 62.6 Å². The molecule has 1 aliphatic heterocycles. The van der Waals surface area contributed by atoms with Gasteiger partial charge in [0, 0.05) is 76.5 Å². The summed E-state index contributed by atoms with van der Waals surface area (Å²) in [6.45, 7) is 4.88. The number of anilines is 1. The second kappa shape index (κ2) is 12.2. The molecule has 1 saturated heterocycles. The summed E-state index contributed by atoms with van der Waals surface area (Å²) >= 11 is 0. The van der Waals surface area contributed by atoms with Gasteiger partial charge in [-0.15, -0.1) is 0 Å². The Balaban J connectivity index is 1.42. The van der Waals surface area contributed by atoms with E-state index in [4.69, 9.17) is 9.84 Å². The number of aryl methyl sites for hydroxylation is 1. The van der Waals surface area contributed by atoms with Gasteiger partial charge in [-0.1, -0.05) is 18.2 Å². The summed E-state index contributed by atoms with van der Waals surface area (Å²) in [5.41, 5.74) is 5.26. The molecular weight excluding hydrogens is 506 g/mol. The first-order valence-corrected chi connectivity index (χ1v) is 13.3. The summed E-state index contributed by atoms with van der Waals surface area (Å²) in [6.07, 6.45) is 7.23. The van der Waals surface area contributed by atoms with Crippen molar-refractivity contribution in [3.8, 4) is 16.9 Å². The van der Waals surface area contributed by atoms with E-state index >= 15 is 0 Å². The first-order chi connectivity index (χ1) is 19.5. The van der Waals surface area contributed by atoms with Crippen LogP contribution in [0.2, 0.25) is 0 Å². The number of nitrogens with zero attached hydrogens (tertiary/aromatic N) is 7. The number of carbonyl (C=O) groups is 1. The van der Waals surface area contributed by atoms with E-state index in [0.717, 1.165) is 46.9 Å². The van der Waals surface area contributed by atoms with E-state index in [0.29, 0.717) is 19.0 Å². The molecule has 5 rings (SSSR count). The fourth-order valence-electron chi connectivity index (χ4n) is 5.20. The van der Waals surface area contributed by atoms with Crippen LogP contribution in [0.5, 0.6) is 0 Å². The van der Waals surface area contributed by atoms with Gasteiger partial charge in [0.2, 0.25) is 0 Å². The number of nitrogens with one attached hydrogen (secondary N) is 2. The van der Waals surface area contributed by atoms with Crippen molar-refractivity contribution >= 4 is 18.1 Å². The standard InChI is InChI=1S/C29H35N9O2/c1-20-27(22-15-32-36(3)17-22)35-38(24-8-6-5-7-9-24)28(20)34-29(39)33-26-19-37(12-13-40-4)18-25(26)21-10-11-31-23(14-21)16-30-2/h5-11,14-17,25-26H,12-13,18-19H2,1-4H3,(H2,33,34,39)/t25-,26+/m0/s1. The fraction of sp³-hybridized carbons (Fsp3) is 0.345. The van der Waals surface area contributed by atoms with E-state index in [1.54, 1.807) is 42.1 Å². The quantitative estimate of drug-likeness (QED) is 0.315. The molecule has 3 aromatic heterocycles. The SMILES string of the molecule is CN=Cc1cc([C@@H]2CN(CCOC)C[C@H]2NC(=O)Nc2c(C)c(-c3cnn(C)c3)nn2-c2ccccc2)ccn1. The van der Waals surface area contributed by atoms with Gasteiger partial charge in [-0.3, -0.25) is 24.9 Å². The summed E-state index contributed by atoms with van der Waals surface area (Å²) in [4.78, 5) is 24.4. The maximum absolute atomic E-state index is 13.6. The molecule has 0 spiro atoms. The number of hydrogen-bond donors (Lipinski definition) is 2. The number of benzene rings is 1. The third kappa shape index (κ3) is 5.95. The zero-order chi connectivity index (χ0) is 28.1. The van der Waals surface area contributed by atoms with E-state index in [2.05, 4.69) is 30.6 Å². The van der Waals surface area contributed by atoms with Gasteiger partial charge in [0.25, 0.3) is 0 Å². The topological polar surface area (TPSA) is 114 Å². The first-order valence-electron chi connectivity index (χ1n) is 13.3. The number of aliphatic imine (C=N–C) groups is 1. The molecule has 4 heterocycles. The van der Waals surface area contributed by atoms with Crippen LogP contribution in [0.25, 0.3) is 16.9 Å². The average Bonchev–Trinajstić information content (AvgIpc) is 3.66. The van der Waals surface area contributed by atoms with Gasteiger partial charge in [-0.25, -0.2) is 9.48 Å². The van der Waals surface area contributed by atoms with Gasteiger partial charge in [-0.2, -0.15) is 10.2 Å². The normalized spacial score (nSPS) is 17.5. The summed E-state index contributed by atoms with van der Waals surface area (Å²) in [5.74, 6) is 0.694. The van der Waals surface area contributed by atoms with E-state index in [9.17, 15) is 4.79 Å². The number of para-hydroxylation sites is 1. The van der Waals surface area contributed by atoms with Crippen LogP contribution in [0.15, 0.2) is 66.0 Å². The van der Waals surface area contributed by atoms with Crippen molar-refractivity contribution in [1.82, 2.24) is 34.8 Å². The summed E-state index contributed by atoms with van der Waals surface area (Å²) < 4.78 is 8.83. The summed E-state index contributed by atoms with van der Waals surface area (Å²) in [5, 5.41) is 15.5. The number of urea groups is 1. The molecule has 2 amide bonds. The van der Waals surface area contributed by atoms with Crippen LogP contribution in [-0.2, 0) is 11.8 Å². The van der Waals surface area contributed by atoms with Crippen LogP contribution < -0.4 is 10.6 Å². The molecule has 4 aromatic rings. The Morgan fingerprint density at radius 1 is 1.23 bits per heavy atom. The van der Waals surface area contributed by atoms with Gasteiger partial charge >= 0.3 is 6.03 Å². The molecule has 0 bridgehead atoms. The van der Waals surface area contributed by atoms with Gasteiger partial charge in [0.05, 0.1) is 30.2 Å². The Hall–Kier alpha value is -4.35. The lowest BCUT2D eigenvalue weighted by Crippen LogP contribution is -2.42. The molecule has 208 valence electrons. The van der Waals surface area contributed by atoms with Crippen molar-refractivity contribution in [3.05, 3.63) is 77.9 Å². The molecule has 2 N–H and O–H groups in total. The second-order valence-corrected chi connectivity index (χ2v) is 9.94. The molecule has 11 nitrogen and oxygen atoms in total. The highest BCUT2D eigenvalue weighted by atomic mass is 16.5. The van der Waals surface area contributed by atoms with E-state index in [1.165, 1.54) is 0 Å². The van der Waals surface area contributed by atoms with Gasteiger partial charge < -0.3 is 10.1 Å². The zero-order valence-electron chi connectivity index (χ0n) is 23.3. The molecule has 11 heteroatoms. The molecule has 2 atom stereocenters. The number of ether oxygens (including phenoxy) is 1. The number of amides is 2. The third-order valence-corrected chi connectivity index (χ3v) is 7.15. The van der Waals surface area contributed by atoms with Crippen LogP contribution in [0.1, 0.15) is 22.7 Å². The highest BCUT2D eigenvalue weighted by molar-refractivity contribution is 5.91. The lowest BCUT2D eigenvalue weighted by Gasteiger charge is -2.21. The van der Waals surface area contributed by atoms with Crippen molar-refractivity contribution < 1.29 is 9.53 Å². The number of likely N-dealkylation sites (tertiary alicyclic amines) is 1. The van der Waals surface area contributed by atoms with Crippen LogP contribution in [0.3, 0.4) is 0 Å². The Labute approximate surface area is 233 Å². The molecule has 1 aromatic carbocycles. The fourth-order valence-corrected chi connectivity index (χ4v) is 5.20. The Kier molecular flexibility index (Phi) is 8.32. The number of hydrogen-bond acceptors (Lipinski definition) is 7. The molecule has 1 fully saturated rings. The van der Waals surface area contributed by atoms with Crippen LogP contribution in [-0.4, -0.2) is 88.1 Å². The Morgan fingerprint density at radius 2 is 2.05 bits per heavy atom. The molecular formula is C29H35N9O2. The van der Waals surface area contributed by atoms with Crippen molar-refractivity contribution in [2.75, 3.05) is 45.7 Å². The van der Waals surface area contributed by atoms with Crippen LogP contribution in [0, 0.1) is 6.92 Å². The molecule has 1 aliphatic rings. The number of carbonyl (C=O) groups excluding carboxylic acids is 1. The molecule has 0 radical (unpaired) electrons. The van der Waals surface area contributed by atoms with Crippen molar-refractivity contribution in [3.63, 3.8) is 0 Å². The predicted octanol–water partition coefficient (Wildman–Crippen LogP) is 3.26. The Morgan fingerprint density at radius 3 is 2.77 bits per heavy atom. The van der Waals surface area contributed by atoms with Crippen LogP contribution in [0.4, 0.5) is 10.6 Å². The van der Waals surface area contributed by atoms with Gasteiger partial charge in [0.1, 0.15) is 11.5 Å². The van der Waals surface area contributed by atoms with Crippen molar-refractivity contribution in [2.45, 2.75) is 18.9 Å². The van der Waals surface area contributed by atoms with Gasteiger partial charge in [0.15, 0.2) is 0 Å². The minimum atomic E-state index is -0.286. The Bertz CT molecular complexity index is 1480. The zero-order valence-corrected chi connectivity index (χ0v) is 23.3. The number of aromatic nitrogens is 5. The lowest BCUT2D eigenvalue weighted by molar-refractivity contribution is 0.159. The van der Waals surface area contributed by atoms with Crippen molar-refractivity contribution in [2.24, 2.45) is 12.0 Å². The largest absolute Gasteiger partial charge is 0.383 e. The molecule has 0 unspecified atom stereocenters. The number of pyridine rings is 1. The molecule has 0 saturated carbocycles. The maximum Gasteiger partial charge on any atom is 0.320 e. The first kappa shape index (κ1) is 27.2. The maximum atomic E-state index is 13.6. The van der Waals surface area contributed by atoms with E-state index in [-0.39, 0.29) is 18.0 Å². The summed E-state index contributed by atoms with van der Waals surface area (Å²) in [6, 6.07) is 13.4. The lowest BCUT2D eigenvalue weighted by atomic mass is 9.94. The number of rotatable bonds is 9. The highest BCUT2D eigenvalue weighted by Crippen LogP contribution is 2.31. The number of methoxy groups -OCH3 is 1. The third-order valence-electron chi connectivity index (χ3n) is 7.15. The minimum absolute atomic E-state index is 0.0840. The average molecular weight is 542 g/mol. The highest BCUT2D eigenvalue weighted by Gasteiger charge is 2.35. The van der Waals surface area contributed by atoms with E-state index < -0.39 is 0 Å². The van der Waals surface area contributed by atoms with Gasteiger partial charge in [-0.05, 0) is 36.8 Å². The monoisotopic (exact) mass is 541 g/mol. The molecule has 40 heavy (non-hydrogen) atoms. The predicted molar refractivity (Wildman–Crippen MR) is 155 cm³/mol. The van der Waals surface area contributed by atoms with Crippen LogP contribution >= 0.6 is 0 Å². The molecule has 0 aliphatic carbocycles.